The van der Waals surface area contributed by atoms with E-state index in [0.29, 0.717) is 0 Å². The van der Waals surface area contributed by atoms with E-state index in [9.17, 15) is 0 Å². The molecule has 2 aliphatic rings. The standard InChI is InChI=1S/C41H32BNO2Si/c1-46(2,3)31-24-37-41-38(25-31)45-39-26-35(43(29-16-6-4-7-17-29)30-18-8-5-9-19-30)32-20-12-13-21-33(32)40(39)42(41)34-22-27-14-10-11-15-28(27)23-36(34)44-37/h4-26H,1-3H3. The Balaban J connectivity index is 1.36. The van der Waals surface area contributed by atoms with Gasteiger partial charge in [-0.1, -0.05) is 116 Å². The molecule has 0 fully saturated rings. The topological polar surface area (TPSA) is 21.7 Å². The SMILES string of the molecule is C[Si](C)(C)c1cc2c3c(c1)Oc1cc(N(c4ccccc4)c4ccccc4)c4ccccc4c1B3c1cc3ccccc3cc1O2. The lowest BCUT2D eigenvalue weighted by molar-refractivity contribution is 0.466. The predicted molar refractivity (Wildman–Crippen MR) is 197 cm³/mol. The van der Waals surface area contributed by atoms with Crippen LogP contribution in [0.5, 0.6) is 23.0 Å². The van der Waals surface area contributed by atoms with Crippen LogP contribution in [-0.2, 0) is 0 Å². The second-order valence-corrected chi connectivity index (χ2v) is 18.4. The van der Waals surface area contributed by atoms with Crippen LogP contribution in [-0.4, -0.2) is 14.8 Å². The summed E-state index contributed by atoms with van der Waals surface area (Å²) in [5.74, 6) is 3.63. The van der Waals surface area contributed by atoms with E-state index in [1.54, 1.807) is 0 Å². The highest BCUT2D eigenvalue weighted by Crippen LogP contribution is 2.44. The Labute approximate surface area is 270 Å². The maximum absolute atomic E-state index is 7.05. The summed E-state index contributed by atoms with van der Waals surface area (Å²) in [6.45, 7) is 7.11. The van der Waals surface area contributed by atoms with Crippen LogP contribution in [0.1, 0.15) is 0 Å². The zero-order valence-corrected chi connectivity index (χ0v) is 27.1. The highest BCUT2D eigenvalue weighted by Gasteiger charge is 2.43. The van der Waals surface area contributed by atoms with E-state index < -0.39 is 8.07 Å². The van der Waals surface area contributed by atoms with Crippen molar-refractivity contribution in [1.82, 2.24) is 0 Å². The quantitative estimate of drug-likeness (QED) is 0.186. The molecule has 5 heteroatoms. The third kappa shape index (κ3) is 4.19. The highest BCUT2D eigenvalue weighted by molar-refractivity contribution is 7.00. The van der Waals surface area contributed by atoms with E-state index in [1.807, 2.05) is 0 Å². The number of rotatable bonds is 4. The van der Waals surface area contributed by atoms with E-state index in [-0.39, 0.29) is 6.71 Å². The van der Waals surface area contributed by atoms with Gasteiger partial charge in [0, 0.05) is 28.3 Å². The second-order valence-electron chi connectivity index (χ2n) is 13.4. The molecule has 0 radical (unpaired) electrons. The third-order valence-electron chi connectivity index (χ3n) is 9.47. The van der Waals surface area contributed by atoms with E-state index in [1.165, 1.54) is 37.7 Å². The molecular weight excluding hydrogens is 577 g/mol. The van der Waals surface area contributed by atoms with E-state index >= 15 is 0 Å². The fourth-order valence-corrected chi connectivity index (χ4v) is 8.36. The van der Waals surface area contributed by atoms with Crippen LogP contribution >= 0.6 is 0 Å². The summed E-state index contributed by atoms with van der Waals surface area (Å²) >= 11 is 0. The van der Waals surface area contributed by atoms with Gasteiger partial charge < -0.3 is 14.4 Å². The van der Waals surface area contributed by atoms with Gasteiger partial charge in [0.15, 0.2) is 0 Å². The largest absolute Gasteiger partial charge is 0.458 e. The summed E-state index contributed by atoms with van der Waals surface area (Å²) in [6.07, 6.45) is 0. The molecule has 0 saturated carbocycles. The number of ether oxygens (including phenoxy) is 2. The van der Waals surface area contributed by atoms with Gasteiger partial charge in [-0.2, -0.15) is 0 Å². The lowest BCUT2D eigenvalue weighted by Crippen LogP contribution is -2.58. The van der Waals surface area contributed by atoms with Crippen molar-refractivity contribution in [2.75, 3.05) is 4.90 Å². The molecule has 0 spiro atoms. The molecule has 0 unspecified atom stereocenters. The Morgan fingerprint density at radius 1 is 0.500 bits per heavy atom. The molecule has 0 N–H and O–H groups in total. The Morgan fingerprint density at radius 3 is 1.65 bits per heavy atom. The van der Waals surface area contributed by atoms with Gasteiger partial charge in [0.05, 0.1) is 13.8 Å². The molecule has 7 aromatic carbocycles. The molecule has 0 aromatic heterocycles. The Hall–Kier alpha value is -5.26. The van der Waals surface area contributed by atoms with Crippen molar-refractivity contribution in [3.63, 3.8) is 0 Å². The molecule has 9 rings (SSSR count). The first-order valence-electron chi connectivity index (χ1n) is 16.0. The number of fused-ring (bicyclic) bond motifs is 7. The zero-order chi connectivity index (χ0) is 31.0. The molecule has 0 atom stereocenters. The zero-order valence-electron chi connectivity index (χ0n) is 26.1. The van der Waals surface area contributed by atoms with Crippen LogP contribution in [0.2, 0.25) is 19.6 Å². The summed E-state index contributed by atoms with van der Waals surface area (Å²) < 4.78 is 13.9. The fraction of sp³-hybridized carbons (Fsp3) is 0.0732. The lowest BCUT2D eigenvalue weighted by atomic mass is 9.34. The summed E-state index contributed by atoms with van der Waals surface area (Å²) in [7, 11) is -1.69. The maximum Gasteiger partial charge on any atom is 0.261 e. The van der Waals surface area contributed by atoms with Crippen molar-refractivity contribution in [1.29, 1.82) is 0 Å². The van der Waals surface area contributed by atoms with Crippen molar-refractivity contribution in [2.24, 2.45) is 0 Å². The number of anilines is 3. The summed E-state index contributed by atoms with van der Waals surface area (Å²) in [5, 5.41) is 6.07. The minimum absolute atomic E-state index is 0.0290. The minimum Gasteiger partial charge on any atom is -0.458 e. The average Bonchev–Trinajstić information content (AvgIpc) is 3.08. The third-order valence-corrected chi connectivity index (χ3v) is 11.5. The van der Waals surface area contributed by atoms with E-state index in [0.717, 1.165) is 45.5 Å². The maximum atomic E-state index is 7.05. The molecule has 46 heavy (non-hydrogen) atoms. The summed E-state index contributed by atoms with van der Waals surface area (Å²) in [5.41, 5.74) is 6.77. The molecule has 2 heterocycles. The van der Waals surface area contributed by atoms with Gasteiger partial charge in [0.1, 0.15) is 23.0 Å². The van der Waals surface area contributed by atoms with Crippen LogP contribution < -0.4 is 35.9 Å². The van der Waals surface area contributed by atoms with Crippen molar-refractivity contribution < 1.29 is 9.47 Å². The highest BCUT2D eigenvalue weighted by atomic mass is 28.3. The van der Waals surface area contributed by atoms with Crippen molar-refractivity contribution in [3.05, 3.63) is 140 Å². The van der Waals surface area contributed by atoms with Crippen molar-refractivity contribution >= 4 is 75.0 Å². The lowest BCUT2D eigenvalue weighted by Gasteiger charge is -2.36. The van der Waals surface area contributed by atoms with Crippen LogP contribution in [0, 0.1) is 0 Å². The number of benzene rings is 7. The predicted octanol–water partition coefficient (Wildman–Crippen LogP) is 8.74. The molecule has 0 amide bonds. The number of hydrogen-bond donors (Lipinski definition) is 0. The van der Waals surface area contributed by atoms with Gasteiger partial charge in [-0.3, -0.25) is 0 Å². The van der Waals surface area contributed by atoms with Crippen LogP contribution in [0.15, 0.2) is 140 Å². The van der Waals surface area contributed by atoms with Crippen molar-refractivity contribution in [3.8, 4) is 23.0 Å². The van der Waals surface area contributed by atoms with E-state index in [2.05, 4.69) is 164 Å². The van der Waals surface area contributed by atoms with Gasteiger partial charge in [-0.05, 0) is 69.5 Å². The normalized spacial score (nSPS) is 13.0. The van der Waals surface area contributed by atoms with Crippen LogP contribution in [0.3, 0.4) is 0 Å². The van der Waals surface area contributed by atoms with Gasteiger partial charge in [-0.25, -0.2) is 0 Å². The van der Waals surface area contributed by atoms with Crippen LogP contribution in [0.25, 0.3) is 21.5 Å². The molecule has 7 aromatic rings. The van der Waals surface area contributed by atoms with Gasteiger partial charge in [0.2, 0.25) is 0 Å². The molecule has 0 bridgehead atoms. The first kappa shape index (κ1) is 27.1. The van der Waals surface area contributed by atoms with Crippen LogP contribution in [0.4, 0.5) is 17.1 Å². The Morgan fingerprint density at radius 2 is 1.02 bits per heavy atom. The first-order chi connectivity index (χ1) is 22.4. The molecular formula is C41H32BNO2Si. The second kappa shape index (κ2) is 10.1. The van der Waals surface area contributed by atoms with Crippen molar-refractivity contribution in [2.45, 2.75) is 19.6 Å². The fourth-order valence-electron chi connectivity index (χ4n) is 7.23. The molecule has 0 aliphatic carbocycles. The first-order valence-corrected chi connectivity index (χ1v) is 19.5. The molecule has 220 valence electrons. The molecule has 0 saturated heterocycles. The average molecular weight is 610 g/mol. The van der Waals surface area contributed by atoms with E-state index in [4.69, 9.17) is 9.47 Å². The van der Waals surface area contributed by atoms with Gasteiger partial charge in [-0.15, -0.1) is 0 Å². The number of nitrogens with zero attached hydrogens (tertiary/aromatic N) is 1. The summed E-state index contributed by atoms with van der Waals surface area (Å²) in [4.78, 5) is 2.34. The Bertz CT molecular complexity index is 2280. The van der Waals surface area contributed by atoms with Gasteiger partial charge in [0.25, 0.3) is 6.71 Å². The monoisotopic (exact) mass is 609 g/mol. The van der Waals surface area contributed by atoms with Gasteiger partial charge >= 0.3 is 0 Å². The summed E-state index contributed by atoms with van der Waals surface area (Å²) in [6, 6.07) is 49.9. The smallest absolute Gasteiger partial charge is 0.261 e. The Kier molecular flexibility index (Phi) is 5.96. The molecule has 2 aliphatic heterocycles. The minimum atomic E-state index is -1.69. The number of hydrogen-bond acceptors (Lipinski definition) is 3. The number of para-hydroxylation sites is 2. The molecule has 3 nitrogen and oxygen atoms in total.